The molecule has 2 aromatic rings. The van der Waals surface area contributed by atoms with E-state index >= 15 is 0 Å². The van der Waals surface area contributed by atoms with E-state index in [0.29, 0.717) is 36.7 Å². The summed E-state index contributed by atoms with van der Waals surface area (Å²) in [6, 6.07) is 7.87. The number of benzene rings is 1. The molecule has 3 rings (SSSR count). The summed E-state index contributed by atoms with van der Waals surface area (Å²) in [6.45, 7) is 6.68. The fraction of sp³-hybridized carbons (Fsp3) is 0.474. The number of piperidine rings is 1. The van der Waals surface area contributed by atoms with Crippen LogP contribution in [-0.2, 0) is 15.3 Å². The summed E-state index contributed by atoms with van der Waals surface area (Å²) >= 11 is 5.84. The van der Waals surface area contributed by atoms with Gasteiger partial charge in [-0.2, -0.15) is 0 Å². The lowest BCUT2D eigenvalue weighted by atomic mass is 9.93. The maximum Gasteiger partial charge on any atom is 0.276 e. The van der Waals surface area contributed by atoms with E-state index in [9.17, 15) is 13.2 Å². The van der Waals surface area contributed by atoms with Crippen LogP contribution in [0.3, 0.4) is 0 Å². The van der Waals surface area contributed by atoms with Crippen LogP contribution in [0.5, 0.6) is 0 Å². The Hall–Kier alpha value is -1.86. The molecule has 27 heavy (non-hydrogen) atoms. The van der Waals surface area contributed by atoms with Crippen LogP contribution in [0.25, 0.3) is 0 Å². The summed E-state index contributed by atoms with van der Waals surface area (Å²) in [5, 5.41) is 3.87. The molecule has 0 aliphatic carbocycles. The van der Waals surface area contributed by atoms with Crippen molar-refractivity contribution in [3.63, 3.8) is 0 Å². The molecule has 0 unspecified atom stereocenters. The first-order valence-corrected chi connectivity index (χ1v) is 10.8. The number of amides is 1. The number of nitrogens with zero attached hydrogens (tertiary/aromatic N) is 2. The number of hydrogen-bond donors (Lipinski definition) is 0. The van der Waals surface area contributed by atoms with Crippen LogP contribution in [0.1, 0.15) is 49.9 Å². The van der Waals surface area contributed by atoms with Crippen LogP contribution >= 0.6 is 11.6 Å². The van der Waals surface area contributed by atoms with Crippen molar-refractivity contribution in [2.45, 2.75) is 49.2 Å². The molecule has 0 spiro atoms. The predicted octanol–water partition coefficient (Wildman–Crippen LogP) is 3.70. The maximum atomic E-state index is 12.8. The molecule has 1 aromatic carbocycles. The second-order valence-electron chi connectivity index (χ2n) is 7.82. The molecule has 1 fully saturated rings. The fourth-order valence-corrected chi connectivity index (χ4v) is 4.94. The number of likely N-dealkylation sites (tertiary alicyclic amines) is 1. The van der Waals surface area contributed by atoms with Crippen molar-refractivity contribution in [3.05, 3.63) is 46.8 Å². The van der Waals surface area contributed by atoms with Crippen molar-refractivity contribution < 1.29 is 17.7 Å². The zero-order valence-corrected chi connectivity index (χ0v) is 17.2. The van der Waals surface area contributed by atoms with E-state index in [1.54, 1.807) is 23.1 Å². The third-order valence-corrected chi connectivity index (χ3v) is 7.31. The average Bonchev–Trinajstić information content (AvgIpc) is 3.12. The summed E-state index contributed by atoms with van der Waals surface area (Å²) in [6.07, 6.45) is 0.779. The summed E-state index contributed by atoms with van der Waals surface area (Å²) in [5.41, 5.74) is 0.0319. The normalized spacial score (nSPS) is 16.5. The number of carbonyl (C=O) groups is 1. The highest BCUT2D eigenvalue weighted by atomic mass is 35.5. The summed E-state index contributed by atoms with van der Waals surface area (Å²) in [4.78, 5) is 14.5. The molecule has 0 bridgehead atoms. The van der Waals surface area contributed by atoms with Gasteiger partial charge in [0.2, 0.25) is 0 Å². The molecule has 146 valence electrons. The second kappa shape index (κ2) is 7.28. The first-order valence-electron chi connectivity index (χ1n) is 8.85. The molecule has 0 radical (unpaired) electrons. The first kappa shape index (κ1) is 19.9. The molecule has 1 amide bonds. The fourth-order valence-electron chi connectivity index (χ4n) is 3.08. The predicted molar refractivity (Wildman–Crippen MR) is 103 cm³/mol. The summed E-state index contributed by atoms with van der Waals surface area (Å²) < 4.78 is 30.8. The zero-order valence-electron chi connectivity index (χ0n) is 15.6. The van der Waals surface area contributed by atoms with Crippen molar-refractivity contribution in [3.8, 4) is 0 Å². The van der Waals surface area contributed by atoms with Gasteiger partial charge in [-0.05, 0) is 37.1 Å². The van der Waals surface area contributed by atoms with Gasteiger partial charge in [0.05, 0.1) is 10.1 Å². The summed E-state index contributed by atoms with van der Waals surface area (Å²) in [5.74, 6) is 0.419. The number of rotatable bonds is 3. The van der Waals surface area contributed by atoms with Crippen molar-refractivity contribution in [1.82, 2.24) is 10.1 Å². The Morgan fingerprint density at radius 2 is 1.78 bits per heavy atom. The van der Waals surface area contributed by atoms with E-state index < -0.39 is 15.1 Å². The Morgan fingerprint density at radius 3 is 2.30 bits per heavy atom. The van der Waals surface area contributed by atoms with Crippen molar-refractivity contribution in [2.75, 3.05) is 13.1 Å². The van der Waals surface area contributed by atoms with E-state index in [4.69, 9.17) is 16.1 Å². The lowest BCUT2D eigenvalue weighted by molar-refractivity contribution is 0.0715. The number of halogens is 1. The number of aromatic nitrogens is 1. The highest BCUT2D eigenvalue weighted by Gasteiger charge is 2.34. The van der Waals surface area contributed by atoms with E-state index in [0.717, 1.165) is 0 Å². The smallest absolute Gasteiger partial charge is 0.276 e. The Kier molecular flexibility index (Phi) is 5.36. The number of hydrogen-bond acceptors (Lipinski definition) is 5. The third-order valence-electron chi connectivity index (χ3n) is 4.78. The van der Waals surface area contributed by atoms with Gasteiger partial charge in [-0.15, -0.1) is 0 Å². The van der Waals surface area contributed by atoms with Gasteiger partial charge in [0, 0.05) is 29.6 Å². The molecule has 1 aromatic heterocycles. The standard InChI is InChI=1S/C19H23ClN2O4S/c1-19(2,3)17-12-16(21-26-17)18(23)22-10-8-15(9-11-22)27(24,25)14-6-4-13(20)5-7-14/h4-7,12,15H,8-11H2,1-3H3. The highest BCUT2D eigenvalue weighted by Crippen LogP contribution is 2.27. The van der Waals surface area contributed by atoms with Gasteiger partial charge < -0.3 is 9.42 Å². The third kappa shape index (κ3) is 4.19. The molecule has 1 aliphatic rings. The van der Waals surface area contributed by atoms with Gasteiger partial charge in [0.1, 0.15) is 5.76 Å². The number of sulfone groups is 1. The Balaban J connectivity index is 1.67. The minimum atomic E-state index is -3.44. The van der Waals surface area contributed by atoms with Gasteiger partial charge in [-0.25, -0.2) is 8.42 Å². The van der Waals surface area contributed by atoms with Gasteiger partial charge in [-0.3, -0.25) is 4.79 Å². The van der Waals surface area contributed by atoms with E-state index in [-0.39, 0.29) is 21.9 Å². The Bertz CT molecular complexity index is 921. The van der Waals surface area contributed by atoms with Crippen LogP contribution in [0.4, 0.5) is 0 Å². The molecule has 0 N–H and O–H groups in total. The van der Waals surface area contributed by atoms with E-state index in [2.05, 4.69) is 5.16 Å². The molecular formula is C19H23ClN2O4S. The minimum absolute atomic E-state index is 0.225. The number of carbonyl (C=O) groups excluding carboxylic acids is 1. The highest BCUT2D eigenvalue weighted by molar-refractivity contribution is 7.92. The Labute approximate surface area is 164 Å². The minimum Gasteiger partial charge on any atom is -0.360 e. The van der Waals surface area contributed by atoms with Crippen LogP contribution < -0.4 is 0 Å². The molecule has 1 saturated heterocycles. The van der Waals surface area contributed by atoms with Crippen molar-refractivity contribution >= 4 is 27.3 Å². The van der Waals surface area contributed by atoms with Gasteiger partial charge >= 0.3 is 0 Å². The quantitative estimate of drug-likeness (QED) is 0.770. The topological polar surface area (TPSA) is 80.5 Å². The molecule has 0 atom stereocenters. The Morgan fingerprint density at radius 1 is 1.19 bits per heavy atom. The van der Waals surface area contributed by atoms with Gasteiger partial charge in [0.25, 0.3) is 5.91 Å². The summed E-state index contributed by atoms with van der Waals surface area (Å²) in [7, 11) is -3.44. The van der Waals surface area contributed by atoms with E-state index in [1.807, 2.05) is 20.8 Å². The van der Waals surface area contributed by atoms with Crippen molar-refractivity contribution in [2.24, 2.45) is 0 Å². The van der Waals surface area contributed by atoms with Crippen LogP contribution in [0.15, 0.2) is 39.8 Å². The van der Waals surface area contributed by atoms with Crippen LogP contribution in [0.2, 0.25) is 5.02 Å². The SMILES string of the molecule is CC(C)(C)c1cc(C(=O)N2CCC(S(=O)(=O)c3ccc(Cl)cc3)CC2)no1. The van der Waals surface area contributed by atoms with Crippen molar-refractivity contribution in [1.29, 1.82) is 0 Å². The lowest BCUT2D eigenvalue weighted by Crippen LogP contribution is -2.42. The van der Waals surface area contributed by atoms with Gasteiger partial charge in [0.15, 0.2) is 15.5 Å². The lowest BCUT2D eigenvalue weighted by Gasteiger charge is -2.31. The largest absolute Gasteiger partial charge is 0.360 e. The molecule has 1 aliphatic heterocycles. The molecule has 8 heteroatoms. The average molecular weight is 411 g/mol. The maximum absolute atomic E-state index is 12.8. The van der Waals surface area contributed by atoms with Gasteiger partial charge in [-0.1, -0.05) is 37.5 Å². The molecule has 2 heterocycles. The van der Waals surface area contributed by atoms with E-state index in [1.165, 1.54) is 12.1 Å². The molecule has 0 saturated carbocycles. The zero-order chi connectivity index (χ0) is 19.8. The molecule has 6 nitrogen and oxygen atoms in total. The van der Waals surface area contributed by atoms with Crippen LogP contribution in [0, 0.1) is 0 Å². The van der Waals surface area contributed by atoms with Crippen LogP contribution in [-0.4, -0.2) is 42.7 Å². The molecular weight excluding hydrogens is 388 g/mol. The first-order chi connectivity index (χ1) is 12.6. The second-order valence-corrected chi connectivity index (χ2v) is 10.5. The monoisotopic (exact) mass is 410 g/mol.